The molecule has 1 atom stereocenters. The summed E-state index contributed by atoms with van der Waals surface area (Å²) >= 11 is 2.79. The number of anilines is 1. The van der Waals surface area contributed by atoms with Crippen molar-refractivity contribution in [3.63, 3.8) is 0 Å². The quantitative estimate of drug-likeness (QED) is 0.835. The van der Waals surface area contributed by atoms with Gasteiger partial charge in [-0.15, -0.1) is 10.2 Å². The molecule has 0 N–H and O–H groups in total. The summed E-state index contributed by atoms with van der Waals surface area (Å²) in [5.41, 5.74) is 0. The van der Waals surface area contributed by atoms with Gasteiger partial charge in [-0.1, -0.05) is 36.9 Å². The van der Waals surface area contributed by atoms with E-state index in [1.54, 1.807) is 11.8 Å². The Kier molecular flexibility index (Phi) is 5.15. The first-order valence-electron chi connectivity index (χ1n) is 6.71. The first-order valence-corrected chi connectivity index (χ1v) is 8.52. The van der Waals surface area contributed by atoms with E-state index in [4.69, 9.17) is 0 Å². The van der Waals surface area contributed by atoms with Gasteiger partial charge >= 0.3 is 0 Å². The topological polar surface area (TPSA) is 63.2 Å². The Morgan fingerprint density at radius 3 is 2.90 bits per heavy atom. The number of thioether (sulfide) groups is 1. The average molecular weight is 313 g/mol. The number of nitrogens with zero attached hydrogens (tertiary/aromatic N) is 3. The molecule has 0 bridgehead atoms. The summed E-state index contributed by atoms with van der Waals surface area (Å²) in [4.78, 5) is 24.7. The second kappa shape index (κ2) is 6.67. The molecular weight excluding hydrogens is 294 g/mol. The molecule has 1 aliphatic rings. The van der Waals surface area contributed by atoms with E-state index < -0.39 is 0 Å². The molecule has 1 aliphatic heterocycles. The standard InChI is InChI=1S/C13H19N3O2S2/c1-8(2)4-11-14-15-13(20-11)16-6-10(5-12(16)18)7-19-9(3)17/h8,10H,4-7H2,1-3H3. The molecule has 2 heterocycles. The molecule has 110 valence electrons. The van der Waals surface area contributed by atoms with Crippen molar-refractivity contribution in [2.75, 3.05) is 17.2 Å². The number of hydrogen-bond donors (Lipinski definition) is 0. The maximum atomic E-state index is 12.0. The maximum Gasteiger partial charge on any atom is 0.229 e. The molecule has 0 radical (unpaired) electrons. The first-order chi connectivity index (χ1) is 9.45. The minimum atomic E-state index is 0.0893. The summed E-state index contributed by atoms with van der Waals surface area (Å²) in [5, 5.41) is 10.1. The van der Waals surface area contributed by atoms with E-state index in [-0.39, 0.29) is 16.9 Å². The second-order valence-corrected chi connectivity index (χ2v) is 7.69. The van der Waals surface area contributed by atoms with Crippen LogP contribution in [0.3, 0.4) is 0 Å². The summed E-state index contributed by atoms with van der Waals surface area (Å²) in [6.07, 6.45) is 1.39. The Balaban J connectivity index is 1.97. The SMILES string of the molecule is CC(=O)SCC1CC(=O)N(c2nnc(CC(C)C)s2)C1. The average Bonchev–Trinajstić information content (AvgIpc) is 2.92. The zero-order valence-electron chi connectivity index (χ0n) is 12.0. The van der Waals surface area contributed by atoms with Crippen LogP contribution in [0.25, 0.3) is 0 Å². The van der Waals surface area contributed by atoms with Crippen LogP contribution < -0.4 is 4.90 Å². The Bertz CT molecular complexity index is 502. The molecule has 0 spiro atoms. The molecule has 1 fully saturated rings. The zero-order chi connectivity index (χ0) is 14.7. The predicted molar refractivity (Wildman–Crippen MR) is 82.1 cm³/mol. The highest BCUT2D eigenvalue weighted by molar-refractivity contribution is 8.13. The van der Waals surface area contributed by atoms with Crippen molar-refractivity contribution in [3.8, 4) is 0 Å². The van der Waals surface area contributed by atoms with Gasteiger partial charge in [0.25, 0.3) is 0 Å². The minimum Gasteiger partial charge on any atom is -0.288 e. The van der Waals surface area contributed by atoms with Crippen molar-refractivity contribution in [2.24, 2.45) is 11.8 Å². The fourth-order valence-electron chi connectivity index (χ4n) is 2.10. The molecule has 5 nitrogen and oxygen atoms in total. The number of amides is 1. The van der Waals surface area contributed by atoms with Gasteiger partial charge < -0.3 is 0 Å². The van der Waals surface area contributed by atoms with Crippen molar-refractivity contribution in [2.45, 2.75) is 33.6 Å². The van der Waals surface area contributed by atoms with Gasteiger partial charge in [-0.3, -0.25) is 14.5 Å². The summed E-state index contributed by atoms with van der Waals surface area (Å²) in [6.45, 7) is 6.48. The van der Waals surface area contributed by atoms with Crippen LogP contribution in [0.5, 0.6) is 0 Å². The number of carbonyl (C=O) groups excluding carboxylic acids is 2. The highest BCUT2D eigenvalue weighted by atomic mass is 32.2. The van der Waals surface area contributed by atoms with Gasteiger partial charge in [0, 0.05) is 32.1 Å². The summed E-state index contributed by atoms with van der Waals surface area (Å²) < 4.78 is 0. The van der Waals surface area contributed by atoms with Gasteiger partial charge in [-0.25, -0.2) is 0 Å². The molecule has 1 saturated heterocycles. The fraction of sp³-hybridized carbons (Fsp3) is 0.692. The van der Waals surface area contributed by atoms with E-state index in [1.165, 1.54) is 23.1 Å². The second-order valence-electron chi connectivity index (χ2n) is 5.45. The van der Waals surface area contributed by atoms with E-state index >= 15 is 0 Å². The van der Waals surface area contributed by atoms with Crippen molar-refractivity contribution in [1.82, 2.24) is 10.2 Å². The lowest BCUT2D eigenvalue weighted by molar-refractivity contribution is -0.117. The molecule has 1 aromatic rings. The number of aromatic nitrogens is 2. The van der Waals surface area contributed by atoms with Gasteiger partial charge in [0.05, 0.1) is 0 Å². The van der Waals surface area contributed by atoms with Crippen molar-refractivity contribution < 1.29 is 9.59 Å². The molecule has 0 aromatic carbocycles. The van der Waals surface area contributed by atoms with Crippen LogP contribution in [-0.2, 0) is 16.0 Å². The first kappa shape index (κ1) is 15.4. The van der Waals surface area contributed by atoms with Gasteiger partial charge in [0.2, 0.25) is 11.0 Å². The fourth-order valence-corrected chi connectivity index (χ4v) is 3.87. The third-order valence-corrected chi connectivity index (χ3v) is 5.01. The van der Waals surface area contributed by atoms with Gasteiger partial charge in [-0.05, 0) is 11.8 Å². The molecule has 2 rings (SSSR count). The lowest BCUT2D eigenvalue weighted by Crippen LogP contribution is -2.24. The molecule has 0 saturated carbocycles. The van der Waals surface area contributed by atoms with Crippen molar-refractivity contribution in [1.29, 1.82) is 0 Å². The van der Waals surface area contributed by atoms with Gasteiger partial charge in [-0.2, -0.15) is 0 Å². The summed E-state index contributed by atoms with van der Waals surface area (Å²) in [5.74, 6) is 1.56. The molecule has 1 amide bonds. The van der Waals surface area contributed by atoms with E-state index in [0.717, 1.165) is 11.4 Å². The lowest BCUT2D eigenvalue weighted by Gasteiger charge is -2.11. The number of hydrogen-bond acceptors (Lipinski definition) is 6. The largest absolute Gasteiger partial charge is 0.288 e. The van der Waals surface area contributed by atoms with Crippen molar-refractivity contribution in [3.05, 3.63) is 5.01 Å². The van der Waals surface area contributed by atoms with Gasteiger partial charge in [0.1, 0.15) is 5.01 Å². The Hall–Kier alpha value is -0.950. The summed E-state index contributed by atoms with van der Waals surface area (Å²) in [7, 11) is 0. The normalized spacial score (nSPS) is 19.1. The van der Waals surface area contributed by atoms with E-state index in [0.29, 0.717) is 29.8 Å². The monoisotopic (exact) mass is 313 g/mol. The molecule has 1 unspecified atom stereocenters. The molecular formula is C13H19N3O2S2. The van der Waals surface area contributed by atoms with Crippen LogP contribution in [0.15, 0.2) is 0 Å². The lowest BCUT2D eigenvalue weighted by atomic mass is 10.1. The summed E-state index contributed by atoms with van der Waals surface area (Å²) in [6, 6.07) is 0. The molecule has 0 aliphatic carbocycles. The number of rotatable bonds is 5. The third kappa shape index (κ3) is 4.02. The van der Waals surface area contributed by atoms with Crippen LogP contribution in [-0.4, -0.2) is 33.5 Å². The van der Waals surface area contributed by atoms with E-state index in [1.807, 2.05) is 0 Å². The van der Waals surface area contributed by atoms with E-state index in [9.17, 15) is 9.59 Å². The highest BCUT2D eigenvalue weighted by Crippen LogP contribution is 2.30. The molecule has 20 heavy (non-hydrogen) atoms. The maximum absolute atomic E-state index is 12.0. The predicted octanol–water partition coefficient (Wildman–Crippen LogP) is 2.37. The van der Waals surface area contributed by atoms with Crippen LogP contribution in [0, 0.1) is 11.8 Å². The number of carbonyl (C=O) groups is 2. The van der Waals surface area contributed by atoms with Crippen LogP contribution in [0.1, 0.15) is 32.2 Å². The minimum absolute atomic E-state index is 0.0893. The third-order valence-electron chi connectivity index (χ3n) is 3.00. The van der Waals surface area contributed by atoms with Crippen molar-refractivity contribution >= 4 is 39.3 Å². The Morgan fingerprint density at radius 2 is 2.25 bits per heavy atom. The van der Waals surface area contributed by atoms with Crippen LogP contribution in [0.2, 0.25) is 0 Å². The molecule has 7 heteroatoms. The van der Waals surface area contributed by atoms with E-state index in [2.05, 4.69) is 24.0 Å². The van der Waals surface area contributed by atoms with Crippen LogP contribution in [0.4, 0.5) is 5.13 Å². The van der Waals surface area contributed by atoms with Gasteiger partial charge in [0.15, 0.2) is 5.12 Å². The smallest absolute Gasteiger partial charge is 0.229 e. The Labute approximate surface area is 127 Å². The zero-order valence-corrected chi connectivity index (χ0v) is 13.6. The highest BCUT2D eigenvalue weighted by Gasteiger charge is 2.32. The Morgan fingerprint density at radius 1 is 1.50 bits per heavy atom. The molecule has 1 aromatic heterocycles. The van der Waals surface area contributed by atoms with Crippen LogP contribution >= 0.6 is 23.1 Å².